The predicted octanol–water partition coefficient (Wildman–Crippen LogP) is 0.997. The number of nitrogens with two attached hydrogens (primary N) is 2. The molecule has 5 N–H and O–H groups in total. The van der Waals surface area contributed by atoms with Crippen molar-refractivity contribution in [3.63, 3.8) is 0 Å². The zero-order valence-corrected chi connectivity index (χ0v) is 10.9. The molecule has 5 heteroatoms. The topological polar surface area (TPSA) is 86.2 Å². The van der Waals surface area contributed by atoms with E-state index < -0.39 is 0 Å². The summed E-state index contributed by atoms with van der Waals surface area (Å²) in [6, 6.07) is 3.93. The van der Waals surface area contributed by atoms with Gasteiger partial charge in [0.15, 0.2) is 0 Å². The monoisotopic (exact) mass is 250 g/mol. The Morgan fingerprint density at radius 3 is 3.00 bits per heavy atom. The summed E-state index contributed by atoms with van der Waals surface area (Å²) in [5, 5.41) is 0. The average molecular weight is 250 g/mol. The first-order chi connectivity index (χ1) is 8.64. The molecule has 1 aliphatic rings. The van der Waals surface area contributed by atoms with Gasteiger partial charge in [-0.05, 0) is 50.3 Å². The first-order valence-corrected chi connectivity index (χ1v) is 6.44. The van der Waals surface area contributed by atoms with Crippen molar-refractivity contribution in [3.05, 3.63) is 23.9 Å². The van der Waals surface area contributed by atoms with Crippen LogP contribution in [0.25, 0.3) is 0 Å². The molecule has 1 aromatic rings. The zero-order chi connectivity index (χ0) is 13.0. The normalized spacial score (nSPS) is 25.9. The lowest BCUT2D eigenvalue weighted by atomic mass is 9.85. The van der Waals surface area contributed by atoms with Crippen LogP contribution in [0.5, 0.6) is 0 Å². The Kier molecular flexibility index (Phi) is 4.16. The van der Waals surface area contributed by atoms with E-state index in [0.717, 1.165) is 31.4 Å². The molecule has 0 bridgehead atoms. The number of hydrogen-bond donors (Lipinski definition) is 3. The van der Waals surface area contributed by atoms with E-state index in [4.69, 9.17) is 16.3 Å². The Morgan fingerprint density at radius 1 is 1.56 bits per heavy atom. The number of nitrogen functional groups attached to an aromatic ring is 1. The molecule has 100 valence electrons. The Balaban J connectivity index is 2.09. The molecule has 2 atom stereocenters. The Bertz CT molecular complexity index is 390. The molecule has 5 nitrogen and oxygen atoms in total. The van der Waals surface area contributed by atoms with Crippen LogP contribution >= 0.6 is 0 Å². The van der Waals surface area contributed by atoms with E-state index >= 15 is 0 Å². The molecular weight excluding hydrogens is 228 g/mol. The maximum absolute atomic E-state index is 5.93. The van der Waals surface area contributed by atoms with Gasteiger partial charge in [0, 0.05) is 12.8 Å². The molecule has 2 unspecified atom stereocenters. The lowest BCUT2D eigenvalue weighted by Gasteiger charge is -2.40. The molecule has 2 heterocycles. The summed E-state index contributed by atoms with van der Waals surface area (Å²) >= 11 is 0. The second-order valence-corrected chi connectivity index (χ2v) is 5.13. The van der Waals surface area contributed by atoms with E-state index in [0.29, 0.717) is 5.82 Å². The Labute approximate surface area is 108 Å². The van der Waals surface area contributed by atoms with Gasteiger partial charge in [-0.15, -0.1) is 0 Å². The molecule has 1 aromatic heterocycles. The quantitative estimate of drug-likeness (QED) is 0.548. The second kappa shape index (κ2) is 5.65. The highest BCUT2D eigenvalue weighted by Crippen LogP contribution is 2.29. The molecule has 0 spiro atoms. The minimum Gasteiger partial charge on any atom is -0.384 e. The number of ether oxygens (including phenoxy) is 1. The van der Waals surface area contributed by atoms with E-state index in [1.165, 1.54) is 6.42 Å². The molecule has 0 aliphatic carbocycles. The smallest absolute Gasteiger partial charge is 0.123 e. The van der Waals surface area contributed by atoms with Gasteiger partial charge in [-0.25, -0.2) is 4.98 Å². The van der Waals surface area contributed by atoms with E-state index in [1.54, 1.807) is 6.20 Å². The van der Waals surface area contributed by atoms with Crippen LogP contribution in [0.1, 0.15) is 31.7 Å². The molecule has 1 saturated heterocycles. The minimum absolute atomic E-state index is 0.0830. The third-order valence-electron chi connectivity index (χ3n) is 3.72. The van der Waals surface area contributed by atoms with Gasteiger partial charge >= 0.3 is 0 Å². The van der Waals surface area contributed by atoms with E-state index in [9.17, 15) is 0 Å². The number of pyridine rings is 1. The average Bonchev–Trinajstić information content (AvgIpc) is 2.37. The zero-order valence-electron chi connectivity index (χ0n) is 10.9. The number of hydrazine groups is 1. The molecule has 2 rings (SSSR count). The van der Waals surface area contributed by atoms with Gasteiger partial charge in [0.05, 0.1) is 11.6 Å². The molecule has 1 aliphatic heterocycles. The third-order valence-corrected chi connectivity index (χ3v) is 3.72. The highest BCUT2D eigenvalue weighted by atomic mass is 16.5. The van der Waals surface area contributed by atoms with Crippen molar-refractivity contribution in [3.8, 4) is 0 Å². The summed E-state index contributed by atoms with van der Waals surface area (Å²) in [5.41, 5.74) is 9.51. The molecule has 0 saturated carbocycles. The van der Waals surface area contributed by atoms with E-state index in [-0.39, 0.29) is 11.6 Å². The lowest BCUT2D eigenvalue weighted by Crippen LogP contribution is -2.55. The van der Waals surface area contributed by atoms with Crippen molar-refractivity contribution in [2.75, 3.05) is 12.3 Å². The van der Waals surface area contributed by atoms with Crippen LogP contribution < -0.4 is 17.0 Å². The van der Waals surface area contributed by atoms with Gasteiger partial charge in [0.1, 0.15) is 5.82 Å². The van der Waals surface area contributed by atoms with Crippen LogP contribution in [0.4, 0.5) is 5.82 Å². The Morgan fingerprint density at radius 2 is 2.39 bits per heavy atom. The first-order valence-electron chi connectivity index (χ1n) is 6.44. The van der Waals surface area contributed by atoms with Crippen LogP contribution in [0.2, 0.25) is 0 Å². The fourth-order valence-corrected chi connectivity index (χ4v) is 2.54. The minimum atomic E-state index is -0.203. The van der Waals surface area contributed by atoms with Gasteiger partial charge in [-0.3, -0.25) is 11.3 Å². The highest BCUT2D eigenvalue weighted by Gasteiger charge is 2.36. The van der Waals surface area contributed by atoms with Crippen molar-refractivity contribution in [2.45, 2.75) is 44.2 Å². The lowest BCUT2D eigenvalue weighted by molar-refractivity contribution is -0.0884. The van der Waals surface area contributed by atoms with Crippen LogP contribution in [-0.2, 0) is 11.2 Å². The molecular formula is C13H22N4O. The van der Waals surface area contributed by atoms with Gasteiger partial charge < -0.3 is 10.5 Å². The first kappa shape index (κ1) is 13.3. The van der Waals surface area contributed by atoms with Crippen molar-refractivity contribution in [1.29, 1.82) is 0 Å². The molecule has 0 radical (unpaired) electrons. The number of nitrogens with one attached hydrogen (secondary N) is 1. The number of aromatic nitrogens is 1. The highest BCUT2D eigenvalue weighted by molar-refractivity contribution is 5.32. The van der Waals surface area contributed by atoms with Crippen LogP contribution in [0.3, 0.4) is 0 Å². The summed E-state index contributed by atoms with van der Waals surface area (Å²) in [4.78, 5) is 4.00. The van der Waals surface area contributed by atoms with Crippen molar-refractivity contribution in [2.24, 2.45) is 5.84 Å². The van der Waals surface area contributed by atoms with Crippen LogP contribution in [-0.4, -0.2) is 23.2 Å². The fourth-order valence-electron chi connectivity index (χ4n) is 2.54. The van der Waals surface area contributed by atoms with Gasteiger partial charge in [0.25, 0.3) is 0 Å². The van der Waals surface area contributed by atoms with Crippen molar-refractivity contribution in [1.82, 2.24) is 10.4 Å². The number of hydrogen-bond acceptors (Lipinski definition) is 5. The molecule has 1 fully saturated rings. The van der Waals surface area contributed by atoms with Gasteiger partial charge in [-0.1, -0.05) is 0 Å². The summed E-state index contributed by atoms with van der Waals surface area (Å²) in [5.74, 6) is 6.24. The third kappa shape index (κ3) is 2.98. The van der Waals surface area contributed by atoms with Gasteiger partial charge in [0.2, 0.25) is 0 Å². The summed E-state index contributed by atoms with van der Waals surface area (Å²) in [6.07, 6.45) is 5.87. The second-order valence-electron chi connectivity index (χ2n) is 5.13. The molecule has 0 aromatic carbocycles. The van der Waals surface area contributed by atoms with Crippen molar-refractivity contribution < 1.29 is 4.74 Å². The Hall–Kier alpha value is -1.17. The van der Waals surface area contributed by atoms with Crippen LogP contribution in [0, 0.1) is 0 Å². The molecule has 0 amide bonds. The number of anilines is 1. The largest absolute Gasteiger partial charge is 0.384 e. The van der Waals surface area contributed by atoms with Gasteiger partial charge in [-0.2, -0.15) is 0 Å². The van der Waals surface area contributed by atoms with E-state index in [1.807, 2.05) is 12.1 Å². The van der Waals surface area contributed by atoms with Crippen molar-refractivity contribution >= 4 is 5.82 Å². The standard InChI is InChI=1S/C13H22N4O/c1-13(5-2-3-7-18-13)11(17-15)8-10-4-6-16-12(14)9-10/h4,6,9,11,17H,2-3,5,7-8,15H2,1H3,(H2,14,16). The maximum Gasteiger partial charge on any atom is 0.123 e. The summed E-state index contributed by atoms with van der Waals surface area (Å²) in [6.45, 7) is 2.94. The summed E-state index contributed by atoms with van der Waals surface area (Å²) < 4.78 is 5.93. The predicted molar refractivity (Wildman–Crippen MR) is 71.7 cm³/mol. The fraction of sp³-hybridized carbons (Fsp3) is 0.615. The molecule has 18 heavy (non-hydrogen) atoms. The SMILES string of the molecule is CC1(C(Cc2ccnc(N)c2)NN)CCCCO1. The maximum atomic E-state index is 5.93. The van der Waals surface area contributed by atoms with Crippen LogP contribution in [0.15, 0.2) is 18.3 Å². The van der Waals surface area contributed by atoms with E-state index in [2.05, 4.69) is 17.3 Å². The summed E-state index contributed by atoms with van der Waals surface area (Å²) in [7, 11) is 0. The number of rotatable bonds is 4. The number of nitrogens with zero attached hydrogens (tertiary/aromatic N) is 1.